The maximum absolute atomic E-state index is 13.6. The van der Waals surface area contributed by atoms with Gasteiger partial charge in [0.15, 0.2) is 0 Å². The Hall–Kier alpha value is -3.56. The van der Waals surface area contributed by atoms with Gasteiger partial charge < -0.3 is 15.0 Å². The summed E-state index contributed by atoms with van der Waals surface area (Å²) in [5.41, 5.74) is -2.26. The van der Waals surface area contributed by atoms with Crippen LogP contribution in [-0.2, 0) is 39.2 Å². The molecule has 15 heteroatoms. The summed E-state index contributed by atoms with van der Waals surface area (Å²) in [6.07, 6.45) is -6.36. The Bertz CT molecular complexity index is 1610. The van der Waals surface area contributed by atoms with Gasteiger partial charge in [0.1, 0.15) is 15.7 Å². The third kappa shape index (κ3) is 5.99. The molecule has 2 aliphatic heterocycles. The number of rotatable bonds is 6. The van der Waals surface area contributed by atoms with E-state index < -0.39 is 46.7 Å². The van der Waals surface area contributed by atoms with Crippen molar-refractivity contribution < 1.29 is 40.1 Å². The van der Waals surface area contributed by atoms with Crippen LogP contribution in [0.25, 0.3) is 17.0 Å². The predicted molar refractivity (Wildman–Crippen MR) is 144 cm³/mol. The van der Waals surface area contributed by atoms with Crippen LogP contribution in [0.2, 0.25) is 0 Å². The number of amidine groups is 1. The van der Waals surface area contributed by atoms with Crippen LogP contribution in [0.15, 0.2) is 52.5 Å². The molecule has 1 N–H and O–H groups in total. The van der Waals surface area contributed by atoms with Gasteiger partial charge in [-0.15, -0.1) is 0 Å². The van der Waals surface area contributed by atoms with Gasteiger partial charge >= 0.3 is 12.4 Å². The summed E-state index contributed by atoms with van der Waals surface area (Å²) in [6, 6.07) is 6.36. The summed E-state index contributed by atoms with van der Waals surface area (Å²) < 4.78 is 99.5. The second-order valence-electron chi connectivity index (χ2n) is 10.0. The van der Waals surface area contributed by atoms with Crippen LogP contribution in [0, 0.1) is 0 Å². The Morgan fingerprint density at radius 3 is 2.60 bits per heavy atom. The summed E-state index contributed by atoms with van der Waals surface area (Å²) in [5.74, 6) is -0.632. The van der Waals surface area contributed by atoms with Crippen molar-refractivity contribution in [2.45, 2.75) is 37.4 Å². The zero-order valence-corrected chi connectivity index (χ0v) is 23.1. The highest BCUT2D eigenvalue weighted by Crippen LogP contribution is 2.38. The minimum atomic E-state index is -5.00. The Balaban J connectivity index is 1.36. The van der Waals surface area contributed by atoms with E-state index in [0.29, 0.717) is 35.7 Å². The molecule has 2 aliphatic rings. The maximum Gasteiger partial charge on any atom is 0.416 e. The number of likely N-dealkylation sites (N-methyl/N-ethyl adjacent to an activating group) is 1. The minimum Gasteiger partial charge on any atom is -0.383 e. The molecule has 1 aromatic heterocycles. The molecule has 5 rings (SSSR count). The number of amides is 1. The van der Waals surface area contributed by atoms with E-state index in [2.05, 4.69) is 15.4 Å². The van der Waals surface area contributed by atoms with Crippen LogP contribution in [0.1, 0.15) is 28.7 Å². The average molecular weight is 614 g/mol. The third-order valence-electron chi connectivity index (χ3n) is 7.22. The fourth-order valence-electron chi connectivity index (χ4n) is 5.05. The van der Waals surface area contributed by atoms with Crippen LogP contribution in [0.5, 0.6) is 0 Å². The fourth-order valence-corrected chi connectivity index (χ4v) is 6.27. The van der Waals surface area contributed by atoms with Crippen molar-refractivity contribution in [1.29, 1.82) is 0 Å². The Morgan fingerprint density at radius 1 is 1.14 bits per heavy atom. The summed E-state index contributed by atoms with van der Waals surface area (Å²) in [5, 5.41) is 8.09. The lowest BCUT2D eigenvalue weighted by Crippen LogP contribution is -2.39. The number of benzene rings is 2. The van der Waals surface area contributed by atoms with Gasteiger partial charge in [-0.1, -0.05) is 12.1 Å². The molecule has 3 heterocycles. The van der Waals surface area contributed by atoms with E-state index in [1.807, 2.05) is 0 Å². The van der Waals surface area contributed by atoms with E-state index in [-0.39, 0.29) is 33.8 Å². The number of fused-ring (bicyclic) bond motifs is 1. The zero-order valence-electron chi connectivity index (χ0n) is 22.3. The molecular weight excluding hydrogens is 588 g/mol. The highest BCUT2D eigenvalue weighted by atomic mass is 32.2. The molecule has 0 aliphatic carbocycles. The van der Waals surface area contributed by atoms with Gasteiger partial charge in [0, 0.05) is 38.2 Å². The lowest BCUT2D eigenvalue weighted by Gasteiger charge is -2.24. The first kappa shape index (κ1) is 29.9. The molecule has 3 aromatic rings. The van der Waals surface area contributed by atoms with Gasteiger partial charge in [0.2, 0.25) is 5.17 Å². The van der Waals surface area contributed by atoms with Crippen molar-refractivity contribution in [1.82, 2.24) is 20.0 Å². The van der Waals surface area contributed by atoms with Gasteiger partial charge in [-0.05, 0) is 47.9 Å². The van der Waals surface area contributed by atoms with Gasteiger partial charge in [0.25, 0.3) is 5.91 Å². The number of methoxy groups -OCH3 is 1. The number of carbonyl (C=O) groups excluding carboxylic acids is 1. The number of alkyl halides is 6. The Labute approximate surface area is 238 Å². The fraction of sp³-hybridized carbons (Fsp3) is 0.370. The zero-order chi connectivity index (χ0) is 30.4. The number of aliphatic imine (C=N–C) groups is 1. The van der Waals surface area contributed by atoms with E-state index in [9.17, 15) is 35.3 Å². The smallest absolute Gasteiger partial charge is 0.383 e. The van der Waals surface area contributed by atoms with Crippen molar-refractivity contribution in [3.05, 3.63) is 69.8 Å². The summed E-state index contributed by atoms with van der Waals surface area (Å²) in [4.78, 5) is 18.4. The molecule has 1 fully saturated rings. The lowest BCUT2D eigenvalue weighted by molar-refractivity contribution is -0.143. The highest BCUT2D eigenvalue weighted by molar-refractivity contribution is 8.05. The third-order valence-corrected chi connectivity index (χ3v) is 8.62. The van der Waals surface area contributed by atoms with Gasteiger partial charge in [-0.25, -0.2) is 4.21 Å². The van der Waals surface area contributed by atoms with Crippen molar-refractivity contribution >= 4 is 38.9 Å². The van der Waals surface area contributed by atoms with Crippen molar-refractivity contribution in [3.8, 4) is 0 Å². The van der Waals surface area contributed by atoms with Crippen LogP contribution in [0.4, 0.5) is 26.3 Å². The van der Waals surface area contributed by atoms with Crippen LogP contribution < -0.4 is 5.32 Å². The molecular formula is C27H25F6N5O3S. The largest absolute Gasteiger partial charge is 0.416 e. The van der Waals surface area contributed by atoms with E-state index in [1.165, 1.54) is 17.0 Å². The molecule has 1 amide bonds. The van der Waals surface area contributed by atoms with Crippen LogP contribution in [-0.4, -0.2) is 69.4 Å². The quantitative estimate of drug-likeness (QED) is 0.327. The topological polar surface area (TPSA) is 88.8 Å². The standard InChI is InChI=1S/C27H25F6N5O3S/c1-37(20-10-19(14-41-2)34-12-20)25-36-24(39)23(42(25)40)8-15-3-6-22-17(7-15)11-35-38(22)13-16-4-5-18(26(28,29)30)9-21(16)27(31,32)33/h3-9,11,19-20,34H,10,12-14H2,1-2H3. The molecule has 0 bridgehead atoms. The van der Waals surface area contributed by atoms with Crippen molar-refractivity contribution in [3.63, 3.8) is 0 Å². The first-order valence-electron chi connectivity index (χ1n) is 12.7. The summed E-state index contributed by atoms with van der Waals surface area (Å²) in [6.45, 7) is 0.715. The molecule has 8 nitrogen and oxygen atoms in total. The number of aromatic nitrogens is 2. The van der Waals surface area contributed by atoms with E-state index in [1.54, 1.807) is 37.3 Å². The first-order valence-corrected chi connectivity index (χ1v) is 13.9. The molecule has 0 radical (unpaired) electrons. The number of hydrogen-bond acceptors (Lipinski definition) is 6. The molecule has 0 saturated carbocycles. The Kier molecular flexibility index (Phi) is 8.02. The molecule has 3 atom stereocenters. The minimum absolute atomic E-state index is 0.0115. The SMILES string of the molecule is COCC1CC(N(C)C2=NC(=O)C(=Cc3ccc4c(cnn4Cc4ccc(C(F)(F)F)cc4C(F)(F)F)c3)S2=O)CN1. The number of halogens is 6. The number of nitrogens with zero attached hydrogens (tertiary/aromatic N) is 4. The van der Waals surface area contributed by atoms with Crippen molar-refractivity contribution in [2.75, 3.05) is 27.3 Å². The maximum atomic E-state index is 13.6. The van der Waals surface area contributed by atoms with Gasteiger partial charge in [-0.3, -0.25) is 9.48 Å². The number of ether oxygens (including phenoxy) is 1. The molecule has 3 unspecified atom stereocenters. The highest BCUT2D eigenvalue weighted by Gasteiger charge is 2.39. The van der Waals surface area contributed by atoms with Crippen LogP contribution >= 0.6 is 0 Å². The first-order chi connectivity index (χ1) is 19.8. The molecule has 2 aromatic carbocycles. The number of nitrogens with one attached hydrogen (secondary N) is 1. The summed E-state index contributed by atoms with van der Waals surface area (Å²) in [7, 11) is 1.52. The lowest BCUT2D eigenvalue weighted by atomic mass is 10.0. The second kappa shape index (κ2) is 11.3. The van der Waals surface area contributed by atoms with Gasteiger partial charge in [0.05, 0.1) is 36.0 Å². The summed E-state index contributed by atoms with van der Waals surface area (Å²) >= 11 is 0. The van der Waals surface area contributed by atoms with Crippen molar-refractivity contribution in [2.24, 2.45) is 4.99 Å². The number of hydrogen-bond donors (Lipinski definition) is 1. The monoisotopic (exact) mass is 613 g/mol. The van der Waals surface area contributed by atoms with E-state index >= 15 is 0 Å². The molecule has 42 heavy (non-hydrogen) atoms. The molecule has 0 spiro atoms. The number of carbonyl (C=O) groups is 1. The predicted octanol–water partition coefficient (Wildman–Crippen LogP) is 4.42. The Morgan fingerprint density at radius 2 is 1.90 bits per heavy atom. The molecule has 224 valence electrons. The van der Waals surface area contributed by atoms with E-state index in [4.69, 9.17) is 4.74 Å². The van der Waals surface area contributed by atoms with Crippen LogP contribution in [0.3, 0.4) is 0 Å². The molecule has 1 saturated heterocycles. The normalized spacial score (nSPS) is 22.4. The second-order valence-corrected chi connectivity index (χ2v) is 11.4. The van der Waals surface area contributed by atoms with Gasteiger partial charge in [-0.2, -0.15) is 36.4 Å². The average Bonchev–Trinajstić information content (AvgIpc) is 3.62. The van der Waals surface area contributed by atoms with E-state index in [0.717, 1.165) is 12.5 Å².